The van der Waals surface area contributed by atoms with E-state index in [0.29, 0.717) is 0 Å². The molecule has 0 fully saturated rings. The van der Waals surface area contributed by atoms with Crippen LogP contribution in [0, 0.1) is 5.41 Å². The zero-order valence-corrected chi connectivity index (χ0v) is 16.5. The smallest absolute Gasteiger partial charge is 0.337 e. The molecule has 0 saturated heterocycles. The Hall–Kier alpha value is -2.86. The van der Waals surface area contributed by atoms with Crippen LogP contribution in [0.3, 0.4) is 0 Å². The van der Waals surface area contributed by atoms with Gasteiger partial charge in [-0.3, -0.25) is 0 Å². The summed E-state index contributed by atoms with van der Waals surface area (Å²) in [6.07, 6.45) is 4.74. The van der Waals surface area contributed by atoms with Gasteiger partial charge in [0, 0.05) is 11.1 Å². The Kier molecular flexibility index (Phi) is 5.17. The molecule has 3 rings (SSSR count). The first-order valence-electron chi connectivity index (χ1n) is 9.04. The summed E-state index contributed by atoms with van der Waals surface area (Å²) in [5, 5.41) is 3.48. The molecule has 0 saturated carbocycles. The summed E-state index contributed by atoms with van der Waals surface area (Å²) in [7, 11) is 2.56. The van der Waals surface area contributed by atoms with Crippen LogP contribution in [-0.4, -0.2) is 43.9 Å². The molecule has 3 atom stereocenters. The SMILES string of the molecule is C=CC(C)(C)C(Nc1ccccc1)C12C=CC(O1)C(C(=O)OC)=C2C(=O)OC. The lowest BCUT2D eigenvalue weighted by Crippen LogP contribution is -2.55. The second kappa shape index (κ2) is 7.28. The highest BCUT2D eigenvalue weighted by atomic mass is 16.6. The minimum absolute atomic E-state index is 0.165. The van der Waals surface area contributed by atoms with E-state index in [0.717, 1.165) is 5.69 Å². The Labute approximate surface area is 164 Å². The highest BCUT2D eigenvalue weighted by molar-refractivity contribution is 6.05. The van der Waals surface area contributed by atoms with Gasteiger partial charge in [-0.05, 0) is 18.2 Å². The van der Waals surface area contributed by atoms with Crippen LogP contribution < -0.4 is 5.32 Å². The molecular weight excluding hydrogens is 358 g/mol. The molecule has 28 heavy (non-hydrogen) atoms. The van der Waals surface area contributed by atoms with Gasteiger partial charge in [0.25, 0.3) is 0 Å². The van der Waals surface area contributed by atoms with Crippen LogP contribution in [0.1, 0.15) is 13.8 Å². The topological polar surface area (TPSA) is 73.9 Å². The van der Waals surface area contributed by atoms with Crippen LogP contribution in [0.2, 0.25) is 0 Å². The first-order chi connectivity index (χ1) is 13.3. The van der Waals surface area contributed by atoms with Crippen molar-refractivity contribution < 1.29 is 23.8 Å². The predicted molar refractivity (Wildman–Crippen MR) is 106 cm³/mol. The summed E-state index contributed by atoms with van der Waals surface area (Å²) in [6, 6.07) is 9.16. The summed E-state index contributed by atoms with van der Waals surface area (Å²) >= 11 is 0. The van der Waals surface area contributed by atoms with Crippen LogP contribution >= 0.6 is 0 Å². The number of hydrogen-bond donors (Lipinski definition) is 1. The molecule has 2 aliphatic rings. The quantitative estimate of drug-likeness (QED) is 0.576. The van der Waals surface area contributed by atoms with E-state index in [2.05, 4.69) is 11.9 Å². The number of fused-ring (bicyclic) bond motifs is 2. The molecule has 3 unspecified atom stereocenters. The van der Waals surface area contributed by atoms with E-state index in [1.165, 1.54) is 14.2 Å². The lowest BCUT2D eigenvalue weighted by atomic mass is 9.70. The molecule has 2 aliphatic heterocycles. The van der Waals surface area contributed by atoms with Gasteiger partial charge < -0.3 is 19.5 Å². The summed E-state index contributed by atoms with van der Waals surface area (Å²) in [4.78, 5) is 25.2. The number of para-hydroxylation sites is 1. The maximum atomic E-state index is 12.8. The number of rotatable bonds is 7. The molecular formula is C22H25NO5. The van der Waals surface area contributed by atoms with Crippen molar-refractivity contribution in [3.05, 3.63) is 66.3 Å². The number of carbonyl (C=O) groups is 2. The number of hydrogen-bond acceptors (Lipinski definition) is 6. The van der Waals surface area contributed by atoms with Crippen molar-refractivity contribution in [2.24, 2.45) is 5.41 Å². The van der Waals surface area contributed by atoms with Crippen LogP contribution in [-0.2, 0) is 23.8 Å². The number of carbonyl (C=O) groups excluding carboxylic acids is 2. The molecule has 6 heteroatoms. The average molecular weight is 383 g/mol. The van der Waals surface area contributed by atoms with Crippen LogP contribution in [0.15, 0.2) is 66.3 Å². The van der Waals surface area contributed by atoms with E-state index in [4.69, 9.17) is 14.2 Å². The molecule has 2 bridgehead atoms. The Morgan fingerprint density at radius 2 is 1.86 bits per heavy atom. The van der Waals surface area contributed by atoms with Crippen molar-refractivity contribution in [2.75, 3.05) is 19.5 Å². The maximum absolute atomic E-state index is 12.8. The lowest BCUT2D eigenvalue weighted by Gasteiger charge is -2.43. The van der Waals surface area contributed by atoms with Crippen LogP contribution in [0.5, 0.6) is 0 Å². The van der Waals surface area contributed by atoms with Crippen molar-refractivity contribution in [2.45, 2.75) is 31.6 Å². The number of methoxy groups -OCH3 is 2. The number of nitrogens with one attached hydrogen (secondary N) is 1. The van der Waals surface area contributed by atoms with E-state index in [1.807, 2.05) is 50.3 Å². The van der Waals surface area contributed by atoms with Crippen molar-refractivity contribution in [1.82, 2.24) is 0 Å². The fraction of sp³-hybridized carbons (Fsp3) is 0.364. The molecule has 1 N–H and O–H groups in total. The molecule has 0 aliphatic carbocycles. The zero-order chi connectivity index (χ0) is 20.5. The van der Waals surface area contributed by atoms with Gasteiger partial charge in [-0.15, -0.1) is 6.58 Å². The molecule has 1 aromatic carbocycles. The second-order valence-electron chi connectivity index (χ2n) is 7.43. The van der Waals surface area contributed by atoms with Crippen LogP contribution in [0.4, 0.5) is 5.69 Å². The standard InChI is InChI=1S/C22H25NO5/c1-6-21(2,3)20(23-14-10-8-7-9-11-14)22-13-12-15(28-22)16(18(24)26-4)17(22)19(25)27-5/h6-13,15,20,23H,1H2,2-5H3. The van der Waals surface area contributed by atoms with Gasteiger partial charge in [0.2, 0.25) is 0 Å². The van der Waals surface area contributed by atoms with E-state index >= 15 is 0 Å². The lowest BCUT2D eigenvalue weighted by molar-refractivity contribution is -0.139. The summed E-state index contributed by atoms with van der Waals surface area (Å²) < 4.78 is 16.2. The second-order valence-corrected chi connectivity index (χ2v) is 7.43. The Balaban J connectivity index is 2.18. The predicted octanol–water partition coefficient (Wildman–Crippen LogP) is 3.03. The highest BCUT2D eigenvalue weighted by Crippen LogP contribution is 2.50. The highest BCUT2D eigenvalue weighted by Gasteiger charge is 2.61. The number of esters is 2. The third-order valence-electron chi connectivity index (χ3n) is 5.36. The molecule has 0 amide bonds. The Bertz CT molecular complexity index is 855. The third kappa shape index (κ3) is 3.03. The van der Waals surface area contributed by atoms with E-state index in [9.17, 15) is 9.59 Å². The largest absolute Gasteiger partial charge is 0.466 e. The summed E-state index contributed by atoms with van der Waals surface area (Å²) in [5.74, 6) is -1.22. The maximum Gasteiger partial charge on any atom is 0.337 e. The number of ether oxygens (including phenoxy) is 3. The van der Waals surface area contributed by atoms with Crippen LogP contribution in [0.25, 0.3) is 0 Å². The molecule has 0 radical (unpaired) electrons. The first-order valence-corrected chi connectivity index (χ1v) is 9.04. The van der Waals surface area contributed by atoms with Crippen molar-refractivity contribution >= 4 is 17.6 Å². The summed E-state index contributed by atoms with van der Waals surface area (Å²) in [6.45, 7) is 7.94. The Morgan fingerprint density at radius 1 is 1.21 bits per heavy atom. The van der Waals surface area contributed by atoms with Gasteiger partial charge in [0.15, 0.2) is 0 Å². The fourth-order valence-electron chi connectivity index (χ4n) is 3.84. The van der Waals surface area contributed by atoms with Gasteiger partial charge in [-0.2, -0.15) is 0 Å². The van der Waals surface area contributed by atoms with Gasteiger partial charge in [0.05, 0.1) is 31.4 Å². The third-order valence-corrected chi connectivity index (χ3v) is 5.36. The number of benzene rings is 1. The minimum atomic E-state index is -1.20. The van der Waals surface area contributed by atoms with Gasteiger partial charge in [-0.1, -0.05) is 44.2 Å². The van der Waals surface area contributed by atoms with Gasteiger partial charge >= 0.3 is 11.9 Å². The average Bonchev–Trinajstić information content (AvgIpc) is 3.28. The zero-order valence-electron chi connectivity index (χ0n) is 16.5. The molecule has 2 heterocycles. The summed E-state index contributed by atoms with van der Waals surface area (Å²) in [5.41, 5.74) is -0.517. The first kappa shape index (κ1) is 19.9. The van der Waals surface area contributed by atoms with E-state index in [-0.39, 0.29) is 11.1 Å². The molecule has 6 nitrogen and oxygen atoms in total. The van der Waals surface area contributed by atoms with Crippen molar-refractivity contribution in [3.8, 4) is 0 Å². The van der Waals surface area contributed by atoms with Crippen molar-refractivity contribution in [3.63, 3.8) is 0 Å². The monoisotopic (exact) mass is 383 g/mol. The van der Waals surface area contributed by atoms with E-state index in [1.54, 1.807) is 12.2 Å². The number of anilines is 1. The molecule has 0 spiro atoms. The molecule has 1 aromatic rings. The Morgan fingerprint density at radius 3 is 2.43 bits per heavy atom. The van der Waals surface area contributed by atoms with Crippen molar-refractivity contribution in [1.29, 1.82) is 0 Å². The van der Waals surface area contributed by atoms with Gasteiger partial charge in [0.1, 0.15) is 11.7 Å². The van der Waals surface area contributed by atoms with Gasteiger partial charge in [-0.25, -0.2) is 9.59 Å². The minimum Gasteiger partial charge on any atom is -0.466 e. The molecule has 148 valence electrons. The fourth-order valence-corrected chi connectivity index (χ4v) is 3.84. The molecule has 0 aromatic heterocycles. The van der Waals surface area contributed by atoms with E-state index < -0.39 is 35.1 Å². The normalized spacial score (nSPS) is 24.1.